The summed E-state index contributed by atoms with van der Waals surface area (Å²) in [6, 6.07) is 25.1. The topological polar surface area (TPSA) is 74.8 Å². The summed E-state index contributed by atoms with van der Waals surface area (Å²) in [5.41, 5.74) is 1.63. The highest BCUT2D eigenvalue weighted by Gasteiger charge is 2.20. The van der Waals surface area contributed by atoms with E-state index >= 15 is 0 Å². The van der Waals surface area contributed by atoms with Gasteiger partial charge in [0.05, 0.1) is 16.7 Å². The van der Waals surface area contributed by atoms with Crippen LogP contribution in [0.4, 0.5) is 5.69 Å². The SMILES string of the molecule is N#CCN(C(=O)CSc1nnc(-c2cccs2)n1-c1ccccc1)c1ccccc1. The van der Waals surface area contributed by atoms with E-state index in [0.717, 1.165) is 16.4 Å². The van der Waals surface area contributed by atoms with Gasteiger partial charge in [-0.15, -0.1) is 21.5 Å². The van der Waals surface area contributed by atoms with Gasteiger partial charge >= 0.3 is 0 Å². The molecule has 0 saturated carbocycles. The lowest BCUT2D eigenvalue weighted by Crippen LogP contribution is -2.32. The lowest BCUT2D eigenvalue weighted by atomic mass is 10.3. The monoisotopic (exact) mass is 431 g/mol. The van der Waals surface area contributed by atoms with Crippen molar-refractivity contribution in [2.75, 3.05) is 17.2 Å². The molecule has 0 aliphatic rings. The standard InChI is InChI=1S/C22H17N5OS2/c23-13-14-26(17-8-3-1-4-9-17)20(28)16-30-22-25-24-21(19-12-7-15-29-19)27(22)18-10-5-2-6-11-18/h1-12,15H,14,16H2. The van der Waals surface area contributed by atoms with Gasteiger partial charge in [-0.3, -0.25) is 14.3 Å². The second-order valence-corrected chi connectivity index (χ2v) is 8.11. The maximum atomic E-state index is 12.9. The number of aromatic nitrogens is 3. The summed E-state index contributed by atoms with van der Waals surface area (Å²) in [5, 5.41) is 20.5. The maximum absolute atomic E-state index is 12.9. The number of nitriles is 1. The number of thiophene rings is 1. The molecule has 0 aliphatic heterocycles. The molecule has 0 atom stereocenters. The first kappa shape index (κ1) is 19.9. The van der Waals surface area contributed by atoms with Gasteiger partial charge in [0.1, 0.15) is 6.54 Å². The van der Waals surface area contributed by atoms with Crippen LogP contribution < -0.4 is 4.90 Å². The Morgan fingerprint density at radius 1 is 1.03 bits per heavy atom. The number of rotatable bonds is 7. The van der Waals surface area contributed by atoms with Gasteiger partial charge in [0.25, 0.3) is 0 Å². The van der Waals surface area contributed by atoms with E-state index in [1.807, 2.05) is 82.7 Å². The predicted octanol–water partition coefficient (Wildman–Crippen LogP) is 4.64. The molecule has 0 bridgehead atoms. The Morgan fingerprint density at radius 3 is 2.43 bits per heavy atom. The van der Waals surface area contributed by atoms with E-state index in [-0.39, 0.29) is 18.2 Å². The van der Waals surface area contributed by atoms with Crippen LogP contribution in [0.25, 0.3) is 16.4 Å². The first-order valence-electron chi connectivity index (χ1n) is 9.18. The third-order valence-electron chi connectivity index (χ3n) is 4.31. The van der Waals surface area contributed by atoms with Crippen molar-refractivity contribution in [2.24, 2.45) is 0 Å². The minimum absolute atomic E-state index is 0.00473. The highest BCUT2D eigenvalue weighted by Crippen LogP contribution is 2.30. The van der Waals surface area contributed by atoms with Crippen molar-refractivity contribution >= 4 is 34.7 Å². The molecule has 4 aromatic rings. The molecule has 0 saturated heterocycles. The number of carbonyl (C=O) groups excluding carboxylic acids is 1. The second kappa shape index (κ2) is 9.39. The molecule has 30 heavy (non-hydrogen) atoms. The number of thioether (sulfide) groups is 1. The first-order chi connectivity index (χ1) is 14.8. The fourth-order valence-corrected chi connectivity index (χ4v) is 4.47. The number of para-hydroxylation sites is 2. The van der Waals surface area contributed by atoms with E-state index in [1.54, 1.807) is 11.3 Å². The molecule has 6 nitrogen and oxygen atoms in total. The third kappa shape index (κ3) is 4.27. The molecule has 0 spiro atoms. The van der Waals surface area contributed by atoms with Crippen LogP contribution in [0.15, 0.2) is 83.3 Å². The van der Waals surface area contributed by atoms with Crippen LogP contribution in [-0.4, -0.2) is 33.0 Å². The molecule has 0 aliphatic carbocycles. The van der Waals surface area contributed by atoms with Gasteiger partial charge in [0.15, 0.2) is 11.0 Å². The Kier molecular flexibility index (Phi) is 6.23. The predicted molar refractivity (Wildman–Crippen MR) is 120 cm³/mol. The van der Waals surface area contributed by atoms with E-state index in [9.17, 15) is 4.79 Å². The zero-order valence-electron chi connectivity index (χ0n) is 15.9. The van der Waals surface area contributed by atoms with Crippen LogP contribution in [0.2, 0.25) is 0 Å². The molecular weight excluding hydrogens is 414 g/mol. The van der Waals surface area contributed by atoms with Gasteiger partial charge in [-0.05, 0) is 35.7 Å². The lowest BCUT2D eigenvalue weighted by molar-refractivity contribution is -0.116. The minimum atomic E-state index is -0.159. The highest BCUT2D eigenvalue weighted by atomic mass is 32.2. The first-order valence-corrected chi connectivity index (χ1v) is 11.0. The molecule has 2 heterocycles. The van der Waals surface area contributed by atoms with Crippen LogP contribution in [-0.2, 0) is 4.79 Å². The number of nitrogens with zero attached hydrogens (tertiary/aromatic N) is 5. The average Bonchev–Trinajstić information content (AvgIpc) is 3.47. The van der Waals surface area contributed by atoms with Gasteiger partial charge in [-0.25, -0.2) is 0 Å². The van der Waals surface area contributed by atoms with Gasteiger partial charge in [0.2, 0.25) is 5.91 Å². The van der Waals surface area contributed by atoms with E-state index in [1.165, 1.54) is 16.7 Å². The fourth-order valence-electron chi connectivity index (χ4n) is 2.94. The Balaban J connectivity index is 1.61. The van der Waals surface area contributed by atoms with E-state index in [4.69, 9.17) is 5.26 Å². The van der Waals surface area contributed by atoms with Gasteiger partial charge in [-0.1, -0.05) is 54.2 Å². The minimum Gasteiger partial charge on any atom is -0.298 e. The van der Waals surface area contributed by atoms with Crippen LogP contribution in [0.1, 0.15) is 0 Å². The Morgan fingerprint density at radius 2 is 1.77 bits per heavy atom. The van der Waals surface area contributed by atoms with Gasteiger partial charge in [0, 0.05) is 11.4 Å². The summed E-state index contributed by atoms with van der Waals surface area (Å²) >= 11 is 2.90. The molecule has 148 valence electrons. The molecule has 8 heteroatoms. The molecule has 0 fully saturated rings. The average molecular weight is 432 g/mol. The summed E-state index contributed by atoms with van der Waals surface area (Å²) < 4.78 is 1.96. The number of carbonyl (C=O) groups is 1. The zero-order chi connectivity index (χ0) is 20.8. The molecule has 4 rings (SSSR count). The van der Waals surface area contributed by atoms with Crippen molar-refractivity contribution in [3.63, 3.8) is 0 Å². The quantitative estimate of drug-likeness (QED) is 0.315. The summed E-state index contributed by atoms with van der Waals surface area (Å²) in [5.74, 6) is 0.725. The fraction of sp³-hybridized carbons (Fsp3) is 0.0909. The van der Waals surface area contributed by atoms with E-state index in [0.29, 0.717) is 10.8 Å². The largest absolute Gasteiger partial charge is 0.298 e. The number of hydrogen-bond acceptors (Lipinski definition) is 6. The van der Waals surface area contributed by atoms with E-state index in [2.05, 4.69) is 16.3 Å². The number of hydrogen-bond donors (Lipinski definition) is 0. The third-order valence-corrected chi connectivity index (χ3v) is 6.09. The van der Waals surface area contributed by atoms with Crippen molar-refractivity contribution in [1.29, 1.82) is 5.26 Å². The smallest absolute Gasteiger partial charge is 0.238 e. The summed E-state index contributed by atoms with van der Waals surface area (Å²) in [4.78, 5) is 15.4. The normalized spacial score (nSPS) is 10.5. The summed E-state index contributed by atoms with van der Waals surface area (Å²) in [7, 11) is 0. The van der Waals surface area contributed by atoms with Crippen LogP contribution in [0, 0.1) is 11.3 Å². The maximum Gasteiger partial charge on any atom is 0.238 e. The zero-order valence-corrected chi connectivity index (χ0v) is 17.5. The molecule has 0 unspecified atom stereocenters. The van der Waals surface area contributed by atoms with Gasteiger partial charge in [-0.2, -0.15) is 5.26 Å². The Bertz CT molecular complexity index is 1150. The molecule has 1 amide bonds. The number of amides is 1. The van der Waals surface area contributed by atoms with Crippen molar-refractivity contribution in [3.05, 3.63) is 78.2 Å². The van der Waals surface area contributed by atoms with Crippen molar-refractivity contribution in [1.82, 2.24) is 14.8 Å². The molecule has 2 aromatic heterocycles. The van der Waals surface area contributed by atoms with Crippen molar-refractivity contribution in [2.45, 2.75) is 5.16 Å². The van der Waals surface area contributed by atoms with Crippen molar-refractivity contribution in [3.8, 4) is 22.5 Å². The van der Waals surface area contributed by atoms with Gasteiger partial charge < -0.3 is 0 Å². The molecular formula is C22H17N5OS2. The highest BCUT2D eigenvalue weighted by molar-refractivity contribution is 7.99. The molecule has 0 radical (unpaired) electrons. The van der Waals surface area contributed by atoms with Crippen LogP contribution >= 0.6 is 23.1 Å². The van der Waals surface area contributed by atoms with Crippen molar-refractivity contribution < 1.29 is 4.79 Å². The number of anilines is 1. The lowest BCUT2D eigenvalue weighted by Gasteiger charge is -2.19. The number of benzene rings is 2. The Labute approximate surface area is 182 Å². The summed E-state index contributed by atoms with van der Waals surface area (Å²) in [6.45, 7) is -0.00473. The van der Waals surface area contributed by atoms with Crippen LogP contribution in [0.5, 0.6) is 0 Å². The molecule has 2 aromatic carbocycles. The summed E-state index contributed by atoms with van der Waals surface area (Å²) in [6.07, 6.45) is 0. The Hall–Kier alpha value is -3.41. The van der Waals surface area contributed by atoms with Crippen LogP contribution in [0.3, 0.4) is 0 Å². The second-order valence-electron chi connectivity index (χ2n) is 6.22. The molecule has 0 N–H and O–H groups in total. The van der Waals surface area contributed by atoms with E-state index < -0.39 is 0 Å².